The second-order valence-electron chi connectivity index (χ2n) is 5.55. The third kappa shape index (κ3) is 2.50. The third-order valence-electron chi connectivity index (χ3n) is 3.86. The fraction of sp³-hybridized carbons (Fsp3) is 0.769. The maximum atomic E-state index is 6.48. The summed E-state index contributed by atoms with van der Waals surface area (Å²) < 4.78 is 2.00. The van der Waals surface area contributed by atoms with Crippen molar-refractivity contribution in [2.24, 2.45) is 11.7 Å². The van der Waals surface area contributed by atoms with Crippen molar-refractivity contribution in [3.05, 3.63) is 16.4 Å². The number of halogens is 1. The summed E-state index contributed by atoms with van der Waals surface area (Å²) in [5, 5.41) is 5.25. The van der Waals surface area contributed by atoms with Crippen molar-refractivity contribution in [1.82, 2.24) is 9.78 Å². The van der Waals surface area contributed by atoms with Crippen molar-refractivity contribution in [1.29, 1.82) is 0 Å². The molecule has 1 saturated carbocycles. The van der Waals surface area contributed by atoms with Gasteiger partial charge in [-0.3, -0.25) is 4.68 Å². The lowest BCUT2D eigenvalue weighted by Crippen LogP contribution is -2.40. The predicted octanol–water partition coefficient (Wildman–Crippen LogP) is 2.92. The molecule has 1 fully saturated rings. The first-order valence-electron chi connectivity index (χ1n) is 6.46. The van der Waals surface area contributed by atoms with Gasteiger partial charge in [0.2, 0.25) is 0 Å². The Hall–Kier alpha value is -0.540. The molecule has 1 aromatic heterocycles. The molecule has 0 spiro atoms. The first-order chi connectivity index (χ1) is 7.95. The van der Waals surface area contributed by atoms with Gasteiger partial charge in [-0.25, -0.2) is 0 Å². The van der Waals surface area contributed by atoms with E-state index >= 15 is 0 Å². The molecule has 17 heavy (non-hydrogen) atoms. The van der Waals surface area contributed by atoms with Crippen LogP contribution in [-0.4, -0.2) is 15.3 Å². The van der Waals surface area contributed by atoms with Crippen LogP contribution in [0.1, 0.15) is 44.5 Å². The molecule has 1 heterocycles. The fourth-order valence-corrected chi connectivity index (χ4v) is 3.17. The Labute approximate surface area is 108 Å². The van der Waals surface area contributed by atoms with E-state index in [0.717, 1.165) is 48.1 Å². The molecular formula is C13H22ClN3. The van der Waals surface area contributed by atoms with Crippen LogP contribution in [0, 0.1) is 12.8 Å². The van der Waals surface area contributed by atoms with Gasteiger partial charge < -0.3 is 5.73 Å². The van der Waals surface area contributed by atoms with E-state index in [0.29, 0.717) is 0 Å². The van der Waals surface area contributed by atoms with Crippen LogP contribution in [0.4, 0.5) is 0 Å². The van der Waals surface area contributed by atoms with E-state index in [1.807, 2.05) is 11.6 Å². The van der Waals surface area contributed by atoms with E-state index in [1.165, 1.54) is 6.42 Å². The maximum Gasteiger partial charge on any atom is 0.0847 e. The summed E-state index contributed by atoms with van der Waals surface area (Å²) in [5.74, 6) is 0.734. The largest absolute Gasteiger partial charge is 0.325 e. The Balaban J connectivity index is 2.23. The highest BCUT2D eigenvalue weighted by atomic mass is 35.5. The predicted molar refractivity (Wildman–Crippen MR) is 71.3 cm³/mol. The van der Waals surface area contributed by atoms with Crippen LogP contribution in [0.2, 0.25) is 5.02 Å². The number of aryl methyl sites for hydroxylation is 2. The summed E-state index contributed by atoms with van der Waals surface area (Å²) in [6, 6.07) is 0. The number of hydrogen-bond acceptors (Lipinski definition) is 2. The Morgan fingerprint density at radius 2 is 2.29 bits per heavy atom. The topological polar surface area (TPSA) is 43.8 Å². The van der Waals surface area contributed by atoms with Crippen molar-refractivity contribution in [3.63, 3.8) is 0 Å². The second kappa shape index (κ2) is 4.62. The molecule has 2 atom stereocenters. The van der Waals surface area contributed by atoms with Crippen LogP contribution >= 0.6 is 11.6 Å². The van der Waals surface area contributed by atoms with Crippen molar-refractivity contribution < 1.29 is 0 Å². The van der Waals surface area contributed by atoms with Gasteiger partial charge in [-0.2, -0.15) is 5.10 Å². The van der Waals surface area contributed by atoms with E-state index in [9.17, 15) is 0 Å². The quantitative estimate of drug-likeness (QED) is 0.903. The molecule has 96 valence electrons. The van der Waals surface area contributed by atoms with E-state index < -0.39 is 0 Å². The van der Waals surface area contributed by atoms with Crippen molar-refractivity contribution in [3.8, 4) is 0 Å². The molecule has 0 radical (unpaired) electrons. The zero-order valence-corrected chi connectivity index (χ0v) is 11.7. The molecular weight excluding hydrogens is 234 g/mol. The lowest BCUT2D eigenvalue weighted by atomic mass is 9.91. The molecule has 0 bridgehead atoms. The van der Waals surface area contributed by atoms with Crippen LogP contribution in [0.3, 0.4) is 0 Å². The first-order valence-corrected chi connectivity index (χ1v) is 6.83. The summed E-state index contributed by atoms with van der Waals surface area (Å²) in [4.78, 5) is 0. The van der Waals surface area contributed by atoms with Gasteiger partial charge in [-0.05, 0) is 39.0 Å². The molecule has 2 unspecified atom stereocenters. The minimum Gasteiger partial charge on any atom is -0.325 e. The Kier molecular flexibility index (Phi) is 3.50. The summed E-state index contributed by atoms with van der Waals surface area (Å²) in [7, 11) is 0. The van der Waals surface area contributed by atoms with Gasteiger partial charge >= 0.3 is 0 Å². The van der Waals surface area contributed by atoms with Crippen LogP contribution in [0.5, 0.6) is 0 Å². The highest BCUT2D eigenvalue weighted by Gasteiger charge is 2.35. The number of rotatable bonds is 3. The van der Waals surface area contributed by atoms with E-state index in [1.54, 1.807) is 0 Å². The summed E-state index contributed by atoms with van der Waals surface area (Å²) in [5.41, 5.74) is 8.43. The minimum absolute atomic E-state index is 0.0809. The molecule has 1 aliphatic rings. The lowest BCUT2D eigenvalue weighted by Gasteiger charge is -2.24. The SMILES string of the molecule is CCn1nc(C)c(Cl)c1CC1(N)CCC(C)C1. The van der Waals surface area contributed by atoms with Gasteiger partial charge in [0.1, 0.15) is 0 Å². The molecule has 2 rings (SSSR count). The zero-order valence-electron chi connectivity index (χ0n) is 11.0. The number of aromatic nitrogens is 2. The monoisotopic (exact) mass is 255 g/mol. The normalized spacial score (nSPS) is 28.9. The van der Waals surface area contributed by atoms with Crippen molar-refractivity contribution >= 4 is 11.6 Å². The zero-order chi connectivity index (χ0) is 12.6. The third-order valence-corrected chi connectivity index (χ3v) is 4.35. The van der Waals surface area contributed by atoms with E-state index in [2.05, 4.69) is 18.9 Å². The van der Waals surface area contributed by atoms with Gasteiger partial charge in [-0.1, -0.05) is 18.5 Å². The van der Waals surface area contributed by atoms with Gasteiger partial charge in [0, 0.05) is 18.5 Å². The lowest BCUT2D eigenvalue weighted by molar-refractivity contribution is 0.404. The maximum absolute atomic E-state index is 6.48. The Bertz CT molecular complexity index is 413. The number of nitrogens with two attached hydrogens (primary N) is 1. The van der Waals surface area contributed by atoms with Crippen LogP contribution in [0.25, 0.3) is 0 Å². The summed E-state index contributed by atoms with van der Waals surface area (Å²) >= 11 is 6.33. The van der Waals surface area contributed by atoms with Gasteiger partial charge in [0.05, 0.1) is 16.4 Å². The Morgan fingerprint density at radius 3 is 2.82 bits per heavy atom. The number of nitrogens with zero attached hydrogens (tertiary/aromatic N) is 2. The molecule has 0 saturated heterocycles. The molecule has 0 amide bonds. The molecule has 3 nitrogen and oxygen atoms in total. The first kappa shape index (κ1) is 12.9. The fourth-order valence-electron chi connectivity index (χ4n) is 2.96. The van der Waals surface area contributed by atoms with Gasteiger partial charge in [-0.15, -0.1) is 0 Å². The van der Waals surface area contributed by atoms with Crippen LogP contribution < -0.4 is 5.73 Å². The molecule has 0 aromatic carbocycles. The Morgan fingerprint density at radius 1 is 1.59 bits per heavy atom. The summed E-state index contributed by atoms with van der Waals surface area (Å²) in [6.45, 7) is 7.18. The van der Waals surface area contributed by atoms with Crippen molar-refractivity contribution in [2.75, 3.05) is 0 Å². The van der Waals surface area contributed by atoms with Crippen LogP contribution in [0.15, 0.2) is 0 Å². The molecule has 4 heteroatoms. The van der Waals surface area contributed by atoms with Gasteiger partial charge in [0.25, 0.3) is 0 Å². The molecule has 2 N–H and O–H groups in total. The molecule has 1 aromatic rings. The summed E-state index contributed by atoms with van der Waals surface area (Å²) in [6.07, 6.45) is 4.27. The smallest absolute Gasteiger partial charge is 0.0847 e. The highest BCUT2D eigenvalue weighted by Crippen LogP contribution is 2.36. The molecule has 1 aliphatic carbocycles. The van der Waals surface area contributed by atoms with Crippen LogP contribution in [-0.2, 0) is 13.0 Å². The minimum atomic E-state index is -0.0809. The van der Waals surface area contributed by atoms with Crippen molar-refractivity contribution in [2.45, 2.75) is 58.5 Å². The average molecular weight is 256 g/mol. The average Bonchev–Trinajstić information content (AvgIpc) is 2.74. The second-order valence-corrected chi connectivity index (χ2v) is 5.93. The van der Waals surface area contributed by atoms with Gasteiger partial charge in [0.15, 0.2) is 0 Å². The standard InChI is InChI=1S/C13H22ClN3/c1-4-17-11(12(14)10(3)16-17)8-13(15)6-5-9(2)7-13/h9H,4-8,15H2,1-3H3. The molecule has 0 aliphatic heterocycles. The van der Waals surface area contributed by atoms with E-state index in [-0.39, 0.29) is 5.54 Å². The highest BCUT2D eigenvalue weighted by molar-refractivity contribution is 6.31. The number of hydrogen-bond donors (Lipinski definition) is 1. The van der Waals surface area contributed by atoms with E-state index in [4.69, 9.17) is 17.3 Å².